The van der Waals surface area contributed by atoms with Gasteiger partial charge in [0.2, 0.25) is 4.96 Å². The Kier molecular flexibility index (Phi) is 9.42. The molecule has 0 radical (unpaired) electrons. The monoisotopic (exact) mass is 635 g/mol. The number of thiazole rings is 1. The van der Waals surface area contributed by atoms with E-state index in [1.807, 2.05) is 83.3 Å². The first-order valence-corrected chi connectivity index (χ1v) is 16.6. The zero-order valence-electron chi connectivity index (χ0n) is 25.3. The normalized spacial score (nSPS) is 12.0. The lowest BCUT2D eigenvalue weighted by Crippen LogP contribution is -2.23. The third-order valence-electron chi connectivity index (χ3n) is 6.92. The highest BCUT2D eigenvalue weighted by Crippen LogP contribution is 2.29. The SMILES string of the molecule is CCCOc1ccc(/C=C/c2nc3s/c(=C\c4cn(-c5ccccc5)nc4-c4ccc(SCCC)cc4)c(=O)n3n2)cc1OC. The van der Waals surface area contributed by atoms with E-state index in [0.717, 1.165) is 46.7 Å². The molecule has 0 fully saturated rings. The van der Waals surface area contributed by atoms with E-state index in [0.29, 0.717) is 33.4 Å². The minimum atomic E-state index is -0.217. The smallest absolute Gasteiger partial charge is 0.291 e. The van der Waals surface area contributed by atoms with Crippen LogP contribution in [0.3, 0.4) is 0 Å². The van der Waals surface area contributed by atoms with Gasteiger partial charge in [-0.1, -0.05) is 67.7 Å². The van der Waals surface area contributed by atoms with Crippen molar-refractivity contribution in [1.29, 1.82) is 0 Å². The number of thioether (sulfide) groups is 1. The molecule has 0 aliphatic carbocycles. The Balaban J connectivity index is 1.31. The maximum atomic E-state index is 13.5. The molecule has 8 nitrogen and oxygen atoms in total. The molecule has 0 amide bonds. The summed E-state index contributed by atoms with van der Waals surface area (Å²) in [5, 5.41) is 9.40. The molecule has 0 atom stereocenters. The number of aromatic nitrogens is 5. The Bertz CT molecular complexity index is 2050. The van der Waals surface area contributed by atoms with Crippen LogP contribution in [-0.4, -0.2) is 43.8 Å². The summed E-state index contributed by atoms with van der Waals surface area (Å²) in [7, 11) is 1.62. The Morgan fingerprint density at radius 3 is 2.49 bits per heavy atom. The molecule has 3 aromatic heterocycles. The number of para-hydroxylation sites is 1. The van der Waals surface area contributed by atoms with E-state index < -0.39 is 0 Å². The number of fused-ring (bicyclic) bond motifs is 1. The molecule has 0 aliphatic rings. The molecule has 6 rings (SSSR count). The molecular weight excluding hydrogens is 603 g/mol. The highest BCUT2D eigenvalue weighted by atomic mass is 32.2. The quantitative estimate of drug-likeness (QED) is 0.134. The van der Waals surface area contributed by atoms with Crippen molar-refractivity contribution in [3.8, 4) is 28.4 Å². The molecule has 228 valence electrons. The van der Waals surface area contributed by atoms with Gasteiger partial charge in [-0.25, -0.2) is 4.68 Å². The van der Waals surface area contributed by atoms with Gasteiger partial charge in [0.1, 0.15) is 0 Å². The van der Waals surface area contributed by atoms with Gasteiger partial charge in [-0.05, 0) is 72.7 Å². The molecule has 3 aromatic carbocycles. The fraction of sp³-hybridized carbons (Fsp3) is 0.200. The number of hydrogen-bond acceptors (Lipinski definition) is 8. The zero-order chi connectivity index (χ0) is 31.2. The summed E-state index contributed by atoms with van der Waals surface area (Å²) in [5.74, 6) is 2.90. The zero-order valence-corrected chi connectivity index (χ0v) is 27.0. The first-order valence-electron chi connectivity index (χ1n) is 14.8. The van der Waals surface area contributed by atoms with Crippen LogP contribution in [0.4, 0.5) is 0 Å². The van der Waals surface area contributed by atoms with Crippen molar-refractivity contribution in [3.05, 3.63) is 111 Å². The molecule has 0 spiro atoms. The molecule has 0 saturated carbocycles. The Morgan fingerprint density at radius 1 is 0.933 bits per heavy atom. The third kappa shape index (κ3) is 6.87. The first-order chi connectivity index (χ1) is 22.1. The van der Waals surface area contributed by atoms with E-state index in [9.17, 15) is 4.79 Å². The molecule has 3 heterocycles. The summed E-state index contributed by atoms with van der Waals surface area (Å²) in [6.45, 7) is 4.87. The van der Waals surface area contributed by atoms with Crippen molar-refractivity contribution in [1.82, 2.24) is 24.4 Å². The maximum absolute atomic E-state index is 13.5. The molecule has 45 heavy (non-hydrogen) atoms. The number of hydrogen-bond donors (Lipinski definition) is 0. The van der Waals surface area contributed by atoms with Crippen LogP contribution in [-0.2, 0) is 0 Å². The number of benzene rings is 3. The summed E-state index contributed by atoms with van der Waals surface area (Å²) in [6.07, 6.45) is 9.56. The van der Waals surface area contributed by atoms with Crippen LogP contribution in [0.1, 0.15) is 43.6 Å². The standard InChI is InChI=1S/C35H33N5O3S2/c1-4-19-43-29-17-11-24(21-30(29)42-3)12-18-32-36-35-40(37-32)34(41)31(45-35)22-26-23-39(27-9-7-6-8-10-27)38-33(26)25-13-15-28(16-14-25)44-20-5-2/h6-18,21-23H,4-5,19-20H2,1-3H3/b18-12+,31-22-. The number of rotatable bonds is 12. The van der Waals surface area contributed by atoms with Crippen LogP contribution in [0.2, 0.25) is 0 Å². The van der Waals surface area contributed by atoms with E-state index in [2.05, 4.69) is 48.2 Å². The summed E-state index contributed by atoms with van der Waals surface area (Å²) < 4.78 is 15.0. The lowest BCUT2D eigenvalue weighted by molar-refractivity contribution is 0.294. The van der Waals surface area contributed by atoms with Crippen LogP contribution in [0.5, 0.6) is 11.5 Å². The Hall–Kier alpha value is -4.67. The van der Waals surface area contributed by atoms with Crippen LogP contribution in [0, 0.1) is 0 Å². The van der Waals surface area contributed by atoms with Gasteiger partial charge >= 0.3 is 0 Å². The lowest BCUT2D eigenvalue weighted by atomic mass is 10.1. The summed E-state index contributed by atoms with van der Waals surface area (Å²) in [4.78, 5) is 19.8. The van der Waals surface area contributed by atoms with Crippen molar-refractivity contribution in [3.63, 3.8) is 0 Å². The average Bonchev–Trinajstić information content (AvgIpc) is 3.77. The predicted molar refractivity (Wildman–Crippen MR) is 184 cm³/mol. The van der Waals surface area contributed by atoms with Crippen molar-refractivity contribution in [2.24, 2.45) is 0 Å². The Morgan fingerprint density at radius 2 is 1.76 bits per heavy atom. The highest BCUT2D eigenvalue weighted by molar-refractivity contribution is 7.99. The second-order valence-electron chi connectivity index (χ2n) is 10.3. The van der Waals surface area contributed by atoms with Crippen molar-refractivity contribution in [2.75, 3.05) is 19.5 Å². The molecule has 10 heteroatoms. The summed E-state index contributed by atoms with van der Waals surface area (Å²) in [6, 6.07) is 24.1. The van der Waals surface area contributed by atoms with Gasteiger partial charge in [0.25, 0.3) is 5.56 Å². The van der Waals surface area contributed by atoms with Crippen LogP contribution in [0.25, 0.3) is 40.1 Å². The predicted octanol–water partition coefficient (Wildman–Crippen LogP) is 7.02. The second kappa shape index (κ2) is 14.0. The van der Waals surface area contributed by atoms with Crippen molar-refractivity contribution >= 4 is 46.3 Å². The van der Waals surface area contributed by atoms with Gasteiger partial charge in [-0.3, -0.25) is 4.79 Å². The third-order valence-corrected chi connectivity index (χ3v) is 9.10. The van der Waals surface area contributed by atoms with Gasteiger partial charge < -0.3 is 9.47 Å². The number of methoxy groups -OCH3 is 1. The van der Waals surface area contributed by atoms with Crippen LogP contribution in [0.15, 0.2) is 88.7 Å². The molecule has 0 bridgehead atoms. The minimum Gasteiger partial charge on any atom is -0.493 e. The van der Waals surface area contributed by atoms with E-state index in [-0.39, 0.29) is 5.56 Å². The topological polar surface area (TPSA) is 83.5 Å². The second-order valence-corrected chi connectivity index (χ2v) is 12.4. The Labute approximate surface area is 269 Å². The molecule has 0 aliphatic heterocycles. The van der Waals surface area contributed by atoms with Gasteiger partial charge in [0.15, 0.2) is 17.3 Å². The van der Waals surface area contributed by atoms with Gasteiger partial charge in [0, 0.05) is 22.2 Å². The van der Waals surface area contributed by atoms with E-state index in [4.69, 9.17) is 14.6 Å². The van der Waals surface area contributed by atoms with Gasteiger partial charge in [-0.2, -0.15) is 14.6 Å². The van der Waals surface area contributed by atoms with Crippen LogP contribution < -0.4 is 19.6 Å². The van der Waals surface area contributed by atoms with Crippen LogP contribution >= 0.6 is 23.1 Å². The molecule has 0 N–H and O–H groups in total. The largest absolute Gasteiger partial charge is 0.493 e. The van der Waals surface area contributed by atoms with Gasteiger partial charge in [-0.15, -0.1) is 16.9 Å². The molecular formula is C35H33N5O3S2. The van der Waals surface area contributed by atoms with E-state index >= 15 is 0 Å². The summed E-state index contributed by atoms with van der Waals surface area (Å²) >= 11 is 3.15. The summed E-state index contributed by atoms with van der Waals surface area (Å²) in [5.41, 5.74) is 4.26. The van der Waals surface area contributed by atoms with Gasteiger partial charge in [0.05, 0.1) is 29.6 Å². The molecule has 0 saturated heterocycles. The number of nitrogens with zero attached hydrogens (tertiary/aromatic N) is 5. The molecule has 6 aromatic rings. The lowest BCUT2D eigenvalue weighted by Gasteiger charge is -2.10. The fourth-order valence-electron chi connectivity index (χ4n) is 4.71. The van der Waals surface area contributed by atoms with Crippen molar-refractivity contribution in [2.45, 2.75) is 31.6 Å². The maximum Gasteiger partial charge on any atom is 0.291 e. The molecule has 0 unspecified atom stereocenters. The van der Waals surface area contributed by atoms with Crippen molar-refractivity contribution < 1.29 is 9.47 Å². The average molecular weight is 636 g/mol. The van der Waals surface area contributed by atoms with E-state index in [1.165, 1.54) is 20.7 Å². The minimum absolute atomic E-state index is 0.217. The first kappa shape index (κ1) is 30.4. The fourth-order valence-corrected chi connectivity index (χ4v) is 6.38. The number of ether oxygens (including phenoxy) is 2. The highest BCUT2D eigenvalue weighted by Gasteiger charge is 2.14. The van der Waals surface area contributed by atoms with E-state index in [1.54, 1.807) is 13.2 Å².